The van der Waals surface area contributed by atoms with Crippen LogP contribution in [0.1, 0.15) is 36.8 Å². The lowest BCUT2D eigenvalue weighted by Gasteiger charge is -2.20. The number of aromatic nitrogens is 1. The number of hydrogen-bond acceptors (Lipinski definition) is 3. The highest BCUT2D eigenvalue weighted by Gasteiger charge is 2.21. The van der Waals surface area contributed by atoms with Gasteiger partial charge in [0.1, 0.15) is 11.3 Å². The molecule has 0 bridgehead atoms. The number of carbonyl (C=O) groups excluding carboxylic acids is 2. The molecule has 5 heteroatoms. The number of amides is 1. The quantitative estimate of drug-likeness (QED) is 0.788. The molecule has 0 aromatic carbocycles. The van der Waals surface area contributed by atoms with Gasteiger partial charge in [-0.25, -0.2) is 9.36 Å². The van der Waals surface area contributed by atoms with Crippen molar-refractivity contribution in [2.24, 2.45) is 5.73 Å². The van der Waals surface area contributed by atoms with E-state index in [1.165, 1.54) is 6.20 Å². The molecule has 1 rings (SSSR count). The fraction of sp³-hybridized carbons (Fsp3) is 0.455. The molecule has 0 aliphatic rings. The first-order valence-electron chi connectivity index (χ1n) is 4.93. The number of ether oxygens (including phenoxy) is 1. The van der Waals surface area contributed by atoms with Gasteiger partial charge in [0, 0.05) is 6.20 Å². The van der Waals surface area contributed by atoms with Crippen molar-refractivity contribution in [1.29, 1.82) is 0 Å². The zero-order valence-electron chi connectivity index (χ0n) is 9.90. The lowest BCUT2D eigenvalue weighted by atomic mass is 10.2. The van der Waals surface area contributed by atoms with E-state index >= 15 is 0 Å². The van der Waals surface area contributed by atoms with E-state index in [1.807, 2.05) is 0 Å². The first-order chi connectivity index (χ1) is 7.20. The van der Waals surface area contributed by atoms with Gasteiger partial charge in [-0.05, 0) is 39.3 Å². The van der Waals surface area contributed by atoms with Crippen LogP contribution in [-0.4, -0.2) is 22.2 Å². The van der Waals surface area contributed by atoms with E-state index in [0.717, 1.165) is 10.1 Å². The van der Waals surface area contributed by atoms with Crippen molar-refractivity contribution < 1.29 is 14.3 Å². The predicted molar refractivity (Wildman–Crippen MR) is 59.3 cm³/mol. The fourth-order valence-electron chi connectivity index (χ4n) is 1.25. The van der Waals surface area contributed by atoms with E-state index in [-0.39, 0.29) is 5.69 Å². The number of hydrogen-bond donors (Lipinski definition) is 1. The lowest BCUT2D eigenvalue weighted by Crippen LogP contribution is -2.29. The van der Waals surface area contributed by atoms with Crippen LogP contribution in [-0.2, 0) is 4.74 Å². The molecule has 0 radical (unpaired) electrons. The van der Waals surface area contributed by atoms with E-state index in [1.54, 1.807) is 33.8 Å². The molecule has 16 heavy (non-hydrogen) atoms. The molecule has 2 N–H and O–H groups in total. The average molecular weight is 224 g/mol. The number of nitrogens with zero attached hydrogens (tertiary/aromatic N) is 1. The number of aryl methyl sites for hydroxylation is 1. The maximum atomic E-state index is 11.7. The van der Waals surface area contributed by atoms with E-state index < -0.39 is 17.6 Å². The molecular formula is C11H16N2O3. The predicted octanol–water partition coefficient (Wildman–Crippen LogP) is 1.68. The van der Waals surface area contributed by atoms with Crippen molar-refractivity contribution in [2.75, 3.05) is 0 Å². The van der Waals surface area contributed by atoms with Gasteiger partial charge in [0.2, 0.25) is 0 Å². The highest BCUT2D eigenvalue weighted by Crippen LogP contribution is 2.13. The molecule has 1 aromatic heterocycles. The van der Waals surface area contributed by atoms with Crippen LogP contribution in [0.2, 0.25) is 0 Å². The topological polar surface area (TPSA) is 74.3 Å². The van der Waals surface area contributed by atoms with Crippen LogP contribution in [0.15, 0.2) is 12.3 Å². The van der Waals surface area contributed by atoms with Gasteiger partial charge in [-0.15, -0.1) is 0 Å². The Labute approximate surface area is 94.2 Å². The second kappa shape index (κ2) is 4.00. The largest absolute Gasteiger partial charge is 0.443 e. The third-order valence-electron chi connectivity index (χ3n) is 1.80. The molecular weight excluding hydrogens is 208 g/mol. The Hall–Kier alpha value is -1.78. The minimum Gasteiger partial charge on any atom is -0.443 e. The zero-order chi connectivity index (χ0) is 12.5. The Morgan fingerprint density at radius 1 is 1.38 bits per heavy atom. The summed E-state index contributed by atoms with van der Waals surface area (Å²) in [4.78, 5) is 22.8. The molecule has 0 aliphatic heterocycles. The van der Waals surface area contributed by atoms with Crippen LogP contribution >= 0.6 is 0 Å². The van der Waals surface area contributed by atoms with Gasteiger partial charge in [-0.2, -0.15) is 0 Å². The number of carbonyl (C=O) groups is 2. The standard InChI is InChI=1S/C11H16N2O3/c1-7-5-8(9(12)14)13(6-7)10(15)16-11(2,3)4/h5-6H,1-4H3,(H2,12,14). The number of rotatable bonds is 1. The molecule has 5 nitrogen and oxygen atoms in total. The fourth-order valence-corrected chi connectivity index (χ4v) is 1.25. The minimum atomic E-state index is -0.654. The Kier molecular flexibility index (Phi) is 3.07. The first kappa shape index (κ1) is 12.3. The Bertz CT molecular complexity index is 427. The van der Waals surface area contributed by atoms with Gasteiger partial charge in [0.25, 0.3) is 5.91 Å². The maximum Gasteiger partial charge on any atom is 0.419 e. The van der Waals surface area contributed by atoms with Gasteiger partial charge in [-0.3, -0.25) is 4.79 Å². The molecule has 0 aliphatic carbocycles. The van der Waals surface area contributed by atoms with Crippen LogP contribution in [0.25, 0.3) is 0 Å². The zero-order valence-corrected chi connectivity index (χ0v) is 9.90. The number of nitrogens with two attached hydrogens (primary N) is 1. The first-order valence-corrected chi connectivity index (χ1v) is 4.93. The van der Waals surface area contributed by atoms with Crippen molar-refractivity contribution in [3.05, 3.63) is 23.5 Å². The molecule has 0 fully saturated rings. The van der Waals surface area contributed by atoms with E-state index in [2.05, 4.69) is 0 Å². The summed E-state index contributed by atoms with van der Waals surface area (Å²) < 4.78 is 6.27. The summed E-state index contributed by atoms with van der Waals surface area (Å²) >= 11 is 0. The average Bonchev–Trinajstić information content (AvgIpc) is 2.44. The van der Waals surface area contributed by atoms with Gasteiger partial charge >= 0.3 is 6.09 Å². The second-order valence-corrected chi connectivity index (χ2v) is 4.62. The smallest absolute Gasteiger partial charge is 0.419 e. The van der Waals surface area contributed by atoms with E-state index in [0.29, 0.717) is 0 Å². The summed E-state index contributed by atoms with van der Waals surface area (Å²) in [5.74, 6) is -0.654. The third kappa shape index (κ3) is 2.85. The Morgan fingerprint density at radius 2 is 1.94 bits per heavy atom. The summed E-state index contributed by atoms with van der Waals surface area (Å²) in [6, 6.07) is 1.55. The molecule has 88 valence electrons. The highest BCUT2D eigenvalue weighted by atomic mass is 16.6. The third-order valence-corrected chi connectivity index (χ3v) is 1.80. The number of primary amides is 1. The SMILES string of the molecule is Cc1cc(C(N)=O)n(C(=O)OC(C)(C)C)c1. The normalized spacial score (nSPS) is 11.2. The van der Waals surface area contributed by atoms with Crippen molar-refractivity contribution in [1.82, 2.24) is 4.57 Å². The van der Waals surface area contributed by atoms with Gasteiger partial charge in [-0.1, -0.05) is 0 Å². The van der Waals surface area contributed by atoms with Crippen LogP contribution in [0.5, 0.6) is 0 Å². The molecule has 0 unspecified atom stereocenters. The molecule has 0 saturated carbocycles. The Morgan fingerprint density at radius 3 is 2.38 bits per heavy atom. The van der Waals surface area contributed by atoms with Gasteiger partial charge < -0.3 is 10.5 Å². The molecule has 0 spiro atoms. The highest BCUT2D eigenvalue weighted by molar-refractivity contribution is 5.95. The molecule has 1 aromatic rings. The van der Waals surface area contributed by atoms with Crippen molar-refractivity contribution in [3.63, 3.8) is 0 Å². The molecule has 0 saturated heterocycles. The van der Waals surface area contributed by atoms with Crippen LogP contribution in [0.4, 0.5) is 4.79 Å². The Balaban J connectivity index is 3.04. The molecule has 1 heterocycles. The van der Waals surface area contributed by atoms with Crippen molar-refractivity contribution >= 4 is 12.0 Å². The summed E-state index contributed by atoms with van der Waals surface area (Å²) in [6.07, 6.45) is 0.920. The van der Waals surface area contributed by atoms with Gasteiger partial charge in [0.15, 0.2) is 0 Å². The molecule has 1 amide bonds. The summed E-state index contributed by atoms with van der Waals surface area (Å²) in [5.41, 5.74) is 5.46. The van der Waals surface area contributed by atoms with Gasteiger partial charge in [0.05, 0.1) is 0 Å². The van der Waals surface area contributed by atoms with E-state index in [4.69, 9.17) is 10.5 Å². The summed E-state index contributed by atoms with van der Waals surface area (Å²) in [5, 5.41) is 0. The van der Waals surface area contributed by atoms with Crippen molar-refractivity contribution in [2.45, 2.75) is 33.3 Å². The van der Waals surface area contributed by atoms with E-state index in [9.17, 15) is 9.59 Å². The lowest BCUT2D eigenvalue weighted by molar-refractivity contribution is 0.0528. The van der Waals surface area contributed by atoms with Crippen molar-refractivity contribution in [3.8, 4) is 0 Å². The molecule has 0 atom stereocenters. The van der Waals surface area contributed by atoms with Crippen LogP contribution in [0.3, 0.4) is 0 Å². The van der Waals surface area contributed by atoms with Crippen LogP contribution < -0.4 is 5.73 Å². The summed E-state index contributed by atoms with van der Waals surface area (Å²) in [7, 11) is 0. The second-order valence-electron chi connectivity index (χ2n) is 4.62. The monoisotopic (exact) mass is 224 g/mol. The minimum absolute atomic E-state index is 0.131. The summed E-state index contributed by atoms with van der Waals surface area (Å²) in [6.45, 7) is 7.04. The maximum absolute atomic E-state index is 11.7. The van der Waals surface area contributed by atoms with Crippen LogP contribution in [0, 0.1) is 6.92 Å².